The highest BCUT2D eigenvalue weighted by molar-refractivity contribution is 7.09. The number of carbonyl (C=O) groups is 1. The van der Waals surface area contributed by atoms with Gasteiger partial charge in [-0.1, -0.05) is 35.9 Å². The number of amides is 1. The van der Waals surface area contributed by atoms with Gasteiger partial charge in [0.1, 0.15) is 12.4 Å². The van der Waals surface area contributed by atoms with Gasteiger partial charge < -0.3 is 10.1 Å². The molecular formula is C22H21ClN2O2S. The Morgan fingerprint density at radius 1 is 1.25 bits per heavy atom. The minimum Gasteiger partial charge on any atom is -0.487 e. The van der Waals surface area contributed by atoms with Gasteiger partial charge in [0.25, 0.3) is 0 Å². The van der Waals surface area contributed by atoms with Gasteiger partial charge in [0.2, 0.25) is 5.91 Å². The summed E-state index contributed by atoms with van der Waals surface area (Å²) in [7, 11) is 0. The maximum absolute atomic E-state index is 12.4. The van der Waals surface area contributed by atoms with E-state index < -0.39 is 0 Å². The predicted octanol–water partition coefficient (Wildman–Crippen LogP) is 5.95. The minimum atomic E-state index is -0.251. The van der Waals surface area contributed by atoms with Gasteiger partial charge in [-0.2, -0.15) is 0 Å². The first-order valence-electron chi connectivity index (χ1n) is 8.81. The van der Waals surface area contributed by atoms with Crippen LogP contribution in [-0.4, -0.2) is 10.9 Å². The molecule has 3 aromatic rings. The lowest BCUT2D eigenvalue weighted by Crippen LogP contribution is -2.09. The quantitative estimate of drug-likeness (QED) is 0.508. The lowest BCUT2D eigenvalue weighted by molar-refractivity contribution is -0.111. The summed E-state index contributed by atoms with van der Waals surface area (Å²) in [5, 5.41) is 6.37. The third kappa shape index (κ3) is 5.21. The van der Waals surface area contributed by atoms with Gasteiger partial charge in [0.05, 0.1) is 21.4 Å². The van der Waals surface area contributed by atoms with E-state index in [-0.39, 0.29) is 5.91 Å². The molecule has 0 aliphatic heterocycles. The van der Waals surface area contributed by atoms with E-state index in [0.29, 0.717) is 23.1 Å². The van der Waals surface area contributed by atoms with Crippen LogP contribution in [0, 0.1) is 20.8 Å². The van der Waals surface area contributed by atoms with Crippen molar-refractivity contribution >= 4 is 40.6 Å². The number of benzene rings is 2. The molecule has 3 rings (SSSR count). The van der Waals surface area contributed by atoms with E-state index in [1.165, 1.54) is 6.08 Å². The smallest absolute Gasteiger partial charge is 0.248 e. The lowest BCUT2D eigenvalue weighted by atomic mass is 10.1. The first kappa shape index (κ1) is 20.1. The molecule has 2 aromatic carbocycles. The van der Waals surface area contributed by atoms with Crippen LogP contribution >= 0.6 is 22.9 Å². The largest absolute Gasteiger partial charge is 0.487 e. The van der Waals surface area contributed by atoms with E-state index >= 15 is 0 Å². The van der Waals surface area contributed by atoms with Crippen LogP contribution in [0.4, 0.5) is 5.69 Å². The summed E-state index contributed by atoms with van der Waals surface area (Å²) in [6, 6.07) is 11.4. The Morgan fingerprint density at radius 3 is 2.75 bits per heavy atom. The van der Waals surface area contributed by atoms with E-state index in [0.717, 1.165) is 27.4 Å². The standard InChI is InChI=1S/C22H21ClN2O2S/c1-14-10-15(2)22(19(23)11-14)25-21(26)9-8-17-6-4-5-7-20(17)27-12-18-13-28-16(3)24-18/h4-11,13H,12H2,1-3H3,(H,25,26)/b9-8+. The molecule has 1 N–H and O–H groups in total. The highest BCUT2D eigenvalue weighted by Gasteiger charge is 2.08. The van der Waals surface area contributed by atoms with Crippen LogP contribution in [0.25, 0.3) is 6.08 Å². The Hall–Kier alpha value is -2.63. The molecule has 0 aliphatic carbocycles. The summed E-state index contributed by atoms with van der Waals surface area (Å²) in [5.41, 5.74) is 4.32. The van der Waals surface area contributed by atoms with Crippen molar-refractivity contribution < 1.29 is 9.53 Å². The number of ether oxygens (including phenoxy) is 1. The Kier molecular flexibility index (Phi) is 6.49. The Bertz CT molecular complexity index is 1000. The van der Waals surface area contributed by atoms with Crippen molar-refractivity contribution in [2.45, 2.75) is 27.4 Å². The summed E-state index contributed by atoms with van der Waals surface area (Å²) < 4.78 is 5.88. The molecule has 0 radical (unpaired) electrons. The Labute approximate surface area is 173 Å². The first-order valence-corrected chi connectivity index (χ1v) is 10.1. The maximum atomic E-state index is 12.4. The predicted molar refractivity (Wildman–Crippen MR) is 116 cm³/mol. The zero-order valence-corrected chi connectivity index (χ0v) is 17.5. The third-order valence-corrected chi connectivity index (χ3v) is 5.18. The van der Waals surface area contributed by atoms with Crippen LogP contribution in [0.2, 0.25) is 5.02 Å². The van der Waals surface area contributed by atoms with Gasteiger partial charge >= 0.3 is 0 Å². The monoisotopic (exact) mass is 412 g/mol. The normalized spacial score (nSPS) is 11.0. The molecule has 6 heteroatoms. The molecule has 0 saturated carbocycles. The van der Waals surface area contributed by atoms with E-state index in [4.69, 9.17) is 16.3 Å². The molecule has 144 valence electrons. The third-order valence-electron chi connectivity index (χ3n) is 4.06. The average Bonchev–Trinajstić information content (AvgIpc) is 3.07. The number of nitrogens with zero attached hydrogens (tertiary/aromatic N) is 1. The molecule has 0 atom stereocenters. The van der Waals surface area contributed by atoms with E-state index in [9.17, 15) is 4.79 Å². The fourth-order valence-electron chi connectivity index (χ4n) is 2.78. The van der Waals surface area contributed by atoms with Gasteiger partial charge in [0.15, 0.2) is 0 Å². The van der Waals surface area contributed by atoms with Crippen molar-refractivity contribution in [2.24, 2.45) is 0 Å². The highest BCUT2D eigenvalue weighted by Crippen LogP contribution is 2.27. The molecular weight excluding hydrogens is 392 g/mol. The van der Waals surface area contributed by atoms with E-state index in [2.05, 4.69) is 10.3 Å². The number of rotatable bonds is 6. The Balaban J connectivity index is 1.69. The summed E-state index contributed by atoms with van der Waals surface area (Å²) in [5.74, 6) is 0.445. The van der Waals surface area contributed by atoms with Crippen LogP contribution in [0.15, 0.2) is 47.9 Å². The Morgan fingerprint density at radius 2 is 2.04 bits per heavy atom. The van der Waals surface area contributed by atoms with Crippen molar-refractivity contribution in [1.29, 1.82) is 0 Å². The molecule has 1 heterocycles. The lowest BCUT2D eigenvalue weighted by Gasteiger charge is -2.10. The number of nitrogens with one attached hydrogen (secondary N) is 1. The van der Waals surface area contributed by atoms with Crippen LogP contribution in [0.1, 0.15) is 27.4 Å². The maximum Gasteiger partial charge on any atom is 0.248 e. The van der Waals surface area contributed by atoms with Gasteiger partial charge in [-0.25, -0.2) is 4.98 Å². The molecule has 28 heavy (non-hydrogen) atoms. The van der Waals surface area contributed by atoms with Crippen LogP contribution in [0.3, 0.4) is 0 Å². The number of aryl methyl sites for hydroxylation is 3. The average molecular weight is 413 g/mol. The van der Waals surface area contributed by atoms with E-state index in [1.807, 2.05) is 62.5 Å². The molecule has 0 fully saturated rings. The first-order chi connectivity index (χ1) is 13.4. The minimum absolute atomic E-state index is 0.251. The zero-order valence-electron chi connectivity index (χ0n) is 16.0. The SMILES string of the molecule is Cc1cc(C)c(NC(=O)/C=C/c2ccccc2OCc2csc(C)n2)c(Cl)c1. The summed E-state index contributed by atoms with van der Waals surface area (Å²) in [6.07, 6.45) is 3.21. The second-order valence-electron chi connectivity index (χ2n) is 6.45. The van der Waals surface area contributed by atoms with Gasteiger partial charge in [0, 0.05) is 17.0 Å². The zero-order chi connectivity index (χ0) is 20.1. The number of aromatic nitrogens is 1. The number of para-hydroxylation sites is 1. The second kappa shape index (κ2) is 9.04. The highest BCUT2D eigenvalue weighted by atomic mass is 35.5. The molecule has 0 saturated heterocycles. The van der Waals surface area contributed by atoms with Crippen molar-refractivity contribution in [3.63, 3.8) is 0 Å². The van der Waals surface area contributed by atoms with Gasteiger partial charge in [-0.05, 0) is 50.1 Å². The molecule has 0 bridgehead atoms. The van der Waals surface area contributed by atoms with E-state index in [1.54, 1.807) is 17.4 Å². The topological polar surface area (TPSA) is 51.2 Å². The number of carbonyl (C=O) groups excluding carboxylic acids is 1. The van der Waals surface area contributed by atoms with Crippen molar-refractivity contribution in [1.82, 2.24) is 4.98 Å². The van der Waals surface area contributed by atoms with Gasteiger partial charge in [-0.3, -0.25) is 4.79 Å². The molecule has 0 spiro atoms. The molecule has 4 nitrogen and oxygen atoms in total. The number of anilines is 1. The van der Waals surface area contributed by atoms with Crippen molar-refractivity contribution in [3.8, 4) is 5.75 Å². The number of thiazole rings is 1. The van der Waals surface area contributed by atoms with Crippen LogP contribution in [0.5, 0.6) is 5.75 Å². The number of halogens is 1. The molecule has 1 amide bonds. The van der Waals surface area contributed by atoms with Crippen molar-refractivity contribution in [3.05, 3.63) is 80.3 Å². The second-order valence-corrected chi connectivity index (χ2v) is 7.92. The molecule has 0 unspecified atom stereocenters. The number of hydrogen-bond acceptors (Lipinski definition) is 4. The van der Waals surface area contributed by atoms with Crippen LogP contribution in [-0.2, 0) is 11.4 Å². The van der Waals surface area contributed by atoms with Gasteiger partial charge in [-0.15, -0.1) is 11.3 Å². The molecule has 0 aliphatic rings. The number of hydrogen-bond donors (Lipinski definition) is 1. The van der Waals surface area contributed by atoms with Crippen LogP contribution < -0.4 is 10.1 Å². The summed E-state index contributed by atoms with van der Waals surface area (Å²) >= 11 is 7.85. The summed E-state index contributed by atoms with van der Waals surface area (Å²) in [4.78, 5) is 16.8. The fourth-order valence-corrected chi connectivity index (χ4v) is 3.75. The summed E-state index contributed by atoms with van der Waals surface area (Å²) in [6.45, 7) is 6.24. The fraction of sp³-hybridized carbons (Fsp3) is 0.182. The van der Waals surface area contributed by atoms with Crippen molar-refractivity contribution in [2.75, 3.05) is 5.32 Å². The molecule has 1 aromatic heterocycles.